The number of hydrogen-bond acceptors (Lipinski definition) is 10. The lowest BCUT2D eigenvalue weighted by Crippen LogP contribution is -2.47. The average molecular weight is 843 g/mol. The Bertz CT molecular complexity index is 2090. The number of imide groups is 1. The summed E-state index contributed by atoms with van der Waals surface area (Å²) in [6.07, 6.45) is 11.3. The van der Waals surface area contributed by atoms with E-state index < -0.39 is 21.8 Å². The highest BCUT2D eigenvalue weighted by Gasteiger charge is 2.32. The van der Waals surface area contributed by atoms with E-state index in [4.69, 9.17) is 9.47 Å². The molecule has 1 N–H and O–H groups in total. The molecule has 0 bridgehead atoms. The maximum Gasteiger partial charge on any atom is 0.254 e. The van der Waals surface area contributed by atoms with Gasteiger partial charge >= 0.3 is 0 Å². The fourth-order valence-electron chi connectivity index (χ4n) is 9.25. The van der Waals surface area contributed by atoms with E-state index in [1.54, 1.807) is 37.4 Å². The summed E-state index contributed by atoms with van der Waals surface area (Å²) in [5.41, 5.74) is 4.40. The predicted octanol–water partition coefficient (Wildman–Crippen LogP) is 6.34. The minimum absolute atomic E-state index is 0.177. The Hall–Kier alpha value is -4.59. The lowest BCUT2D eigenvalue weighted by molar-refractivity contribution is -0.134. The summed E-state index contributed by atoms with van der Waals surface area (Å²) in [6, 6.07) is 18.8. The number of hydrogen-bond donors (Lipinski definition) is 1. The average Bonchev–Trinajstić information content (AvgIpc) is 3.25. The molecule has 0 aliphatic carbocycles. The SMILES string of the molecule is CCOc1cc(C(CS(C)(=O)=O)N(C)C(=O)c2cc(CCCCCN3CCC(N4CCC(c5cccc(C6CCC(=O)NC6=O)c5)CC4)CC3)ccc2C=O)ccc1OC. The number of rotatable bonds is 18. The second-order valence-corrected chi connectivity index (χ2v) is 19.0. The van der Waals surface area contributed by atoms with Crippen LogP contribution >= 0.6 is 0 Å². The third kappa shape index (κ3) is 11.6. The van der Waals surface area contributed by atoms with E-state index in [0.29, 0.717) is 54.8 Å². The molecule has 0 aromatic heterocycles. The first-order valence-corrected chi connectivity index (χ1v) is 23.7. The number of ether oxygens (including phenoxy) is 2. The molecule has 13 heteroatoms. The number of benzene rings is 3. The minimum atomic E-state index is -3.50. The van der Waals surface area contributed by atoms with Crippen molar-refractivity contribution in [1.29, 1.82) is 0 Å². The van der Waals surface area contributed by atoms with Gasteiger partial charge in [0.05, 0.1) is 37.0 Å². The number of likely N-dealkylation sites (tertiary alicyclic amines) is 2. The van der Waals surface area contributed by atoms with Crippen LogP contribution in [0, 0.1) is 0 Å². The molecule has 3 aromatic rings. The van der Waals surface area contributed by atoms with Crippen molar-refractivity contribution < 1.29 is 37.1 Å². The first-order valence-electron chi connectivity index (χ1n) is 21.6. The van der Waals surface area contributed by atoms with Crippen molar-refractivity contribution in [2.75, 3.05) is 65.5 Å². The number of carbonyl (C=O) groups is 4. The number of unbranched alkanes of at least 4 members (excludes halogenated alkanes) is 2. The van der Waals surface area contributed by atoms with Gasteiger partial charge < -0.3 is 24.2 Å². The van der Waals surface area contributed by atoms with E-state index in [2.05, 4.69) is 33.3 Å². The van der Waals surface area contributed by atoms with Crippen LogP contribution in [0.4, 0.5) is 0 Å². The van der Waals surface area contributed by atoms with E-state index in [1.807, 2.05) is 19.1 Å². The van der Waals surface area contributed by atoms with Crippen LogP contribution in [0.15, 0.2) is 60.7 Å². The number of aldehydes is 1. The van der Waals surface area contributed by atoms with Crippen molar-refractivity contribution in [2.24, 2.45) is 0 Å². The molecule has 0 radical (unpaired) electrons. The number of nitrogens with zero attached hydrogens (tertiary/aromatic N) is 3. The van der Waals surface area contributed by atoms with Crippen molar-refractivity contribution in [1.82, 2.24) is 20.0 Å². The zero-order chi connectivity index (χ0) is 42.8. The molecule has 0 spiro atoms. The van der Waals surface area contributed by atoms with Gasteiger partial charge in [-0.25, -0.2) is 8.42 Å². The van der Waals surface area contributed by atoms with Gasteiger partial charge in [-0.3, -0.25) is 24.5 Å². The summed E-state index contributed by atoms with van der Waals surface area (Å²) in [5.74, 6) is 0.131. The lowest BCUT2D eigenvalue weighted by atomic mass is 9.84. The third-order valence-electron chi connectivity index (χ3n) is 12.7. The standard InChI is InChI=1S/C47H62N4O8S/c1-5-59-44-30-37(15-17-43(44)58-3)42(32-60(4,56)57)49(2)47(55)41-28-33(13-14-38(41)31-52)10-7-6-8-23-50-24-21-39(22-25-50)51-26-19-34(20-27-51)35-11-9-12-36(29-35)40-16-18-45(53)48-46(40)54/h9,11-15,17,28-31,34,39-40,42H,5-8,10,16,18-27,32H2,1-4H3,(H,48,53,54). The van der Waals surface area contributed by atoms with Gasteiger partial charge in [-0.2, -0.15) is 0 Å². The summed E-state index contributed by atoms with van der Waals surface area (Å²) >= 11 is 0. The van der Waals surface area contributed by atoms with E-state index in [0.717, 1.165) is 88.6 Å². The number of nitrogens with one attached hydrogen (secondary N) is 1. The number of piperidine rings is 3. The molecule has 2 atom stereocenters. The quantitative estimate of drug-likeness (QED) is 0.0876. The highest BCUT2D eigenvalue weighted by molar-refractivity contribution is 7.90. The molecule has 3 heterocycles. The Labute approximate surface area is 355 Å². The molecule has 60 heavy (non-hydrogen) atoms. The predicted molar refractivity (Wildman–Crippen MR) is 233 cm³/mol. The van der Waals surface area contributed by atoms with E-state index in [-0.39, 0.29) is 34.6 Å². The van der Waals surface area contributed by atoms with Crippen LogP contribution in [0.2, 0.25) is 0 Å². The molecular formula is C47H62N4O8S. The molecule has 3 saturated heterocycles. The van der Waals surface area contributed by atoms with Crippen LogP contribution in [0.3, 0.4) is 0 Å². The zero-order valence-electron chi connectivity index (χ0n) is 35.7. The Morgan fingerprint density at radius 2 is 1.67 bits per heavy atom. The molecule has 12 nitrogen and oxygen atoms in total. The van der Waals surface area contributed by atoms with Crippen molar-refractivity contribution in [3.05, 3.63) is 94.0 Å². The molecule has 3 fully saturated rings. The van der Waals surface area contributed by atoms with Gasteiger partial charge in [0.25, 0.3) is 5.91 Å². The van der Waals surface area contributed by atoms with Crippen LogP contribution in [0.5, 0.6) is 11.5 Å². The second kappa shape index (κ2) is 20.8. The molecule has 324 valence electrons. The van der Waals surface area contributed by atoms with E-state index >= 15 is 0 Å². The topological polar surface area (TPSA) is 143 Å². The first-order chi connectivity index (χ1) is 28.9. The van der Waals surface area contributed by atoms with Crippen LogP contribution in [0.1, 0.15) is 126 Å². The lowest BCUT2D eigenvalue weighted by Gasteiger charge is -2.42. The van der Waals surface area contributed by atoms with E-state index in [1.165, 1.54) is 30.4 Å². The summed E-state index contributed by atoms with van der Waals surface area (Å²) in [4.78, 5) is 56.9. The van der Waals surface area contributed by atoms with Crippen molar-refractivity contribution in [3.63, 3.8) is 0 Å². The molecule has 3 aromatic carbocycles. The number of carbonyl (C=O) groups excluding carboxylic acids is 4. The van der Waals surface area contributed by atoms with E-state index in [9.17, 15) is 27.6 Å². The second-order valence-electron chi connectivity index (χ2n) is 16.8. The third-order valence-corrected chi connectivity index (χ3v) is 13.6. The summed E-state index contributed by atoms with van der Waals surface area (Å²) < 4.78 is 36.3. The molecule has 3 amide bonds. The summed E-state index contributed by atoms with van der Waals surface area (Å²) in [5, 5.41) is 2.50. The van der Waals surface area contributed by atoms with Gasteiger partial charge in [-0.05, 0) is 137 Å². The van der Waals surface area contributed by atoms with Gasteiger partial charge in [-0.15, -0.1) is 0 Å². The van der Waals surface area contributed by atoms with Crippen molar-refractivity contribution in [3.8, 4) is 11.5 Å². The molecular weight excluding hydrogens is 781 g/mol. The van der Waals surface area contributed by atoms with Crippen molar-refractivity contribution >= 4 is 33.8 Å². The number of aryl methyl sites for hydroxylation is 1. The summed E-state index contributed by atoms with van der Waals surface area (Å²) in [6.45, 7) is 7.69. The number of amides is 3. The minimum Gasteiger partial charge on any atom is -0.493 e. The molecule has 2 unspecified atom stereocenters. The van der Waals surface area contributed by atoms with Gasteiger partial charge in [0, 0.05) is 31.3 Å². The van der Waals surface area contributed by atoms with Crippen LogP contribution in [-0.4, -0.2) is 119 Å². The normalized spacial score (nSPS) is 19.1. The Morgan fingerprint density at radius 3 is 2.35 bits per heavy atom. The van der Waals surface area contributed by atoms with Crippen LogP contribution in [0.25, 0.3) is 0 Å². The fourth-order valence-corrected chi connectivity index (χ4v) is 10.2. The number of methoxy groups -OCH3 is 1. The Kier molecular flexibility index (Phi) is 15.6. The maximum absolute atomic E-state index is 14.0. The molecule has 6 rings (SSSR count). The van der Waals surface area contributed by atoms with Gasteiger partial charge in [0.2, 0.25) is 11.8 Å². The van der Waals surface area contributed by atoms with Crippen molar-refractivity contribution in [2.45, 2.75) is 95.1 Å². The number of sulfone groups is 1. The smallest absolute Gasteiger partial charge is 0.254 e. The van der Waals surface area contributed by atoms with Crippen LogP contribution < -0.4 is 14.8 Å². The van der Waals surface area contributed by atoms with Crippen LogP contribution in [-0.2, 0) is 25.8 Å². The summed E-state index contributed by atoms with van der Waals surface area (Å²) in [7, 11) is -0.401. The maximum atomic E-state index is 14.0. The van der Waals surface area contributed by atoms with Gasteiger partial charge in [0.1, 0.15) is 9.84 Å². The van der Waals surface area contributed by atoms with Gasteiger partial charge in [0.15, 0.2) is 17.8 Å². The monoisotopic (exact) mass is 842 g/mol. The first kappa shape index (κ1) is 44.9. The zero-order valence-corrected chi connectivity index (χ0v) is 36.5. The molecule has 3 aliphatic rings. The highest BCUT2D eigenvalue weighted by atomic mass is 32.2. The molecule has 0 saturated carbocycles. The largest absolute Gasteiger partial charge is 0.493 e. The fraction of sp³-hybridized carbons (Fsp3) is 0.532. The Balaban J connectivity index is 0.950. The highest BCUT2D eigenvalue weighted by Crippen LogP contribution is 2.35. The molecule has 3 aliphatic heterocycles. The Morgan fingerprint density at radius 1 is 0.917 bits per heavy atom. The van der Waals surface area contributed by atoms with Gasteiger partial charge in [-0.1, -0.05) is 48.9 Å².